The fraction of sp³-hybridized carbons (Fsp3) is 0.867. The molecule has 0 aromatic heterocycles. The molecule has 10 heteroatoms. The van der Waals surface area contributed by atoms with E-state index in [2.05, 4.69) is 5.32 Å². The van der Waals surface area contributed by atoms with Crippen LogP contribution in [0.15, 0.2) is 0 Å². The zero-order chi connectivity index (χ0) is 19.0. The number of amides is 1. The summed E-state index contributed by atoms with van der Waals surface area (Å²) in [5, 5.41) is 2.67. The molecule has 1 saturated carbocycles. The minimum absolute atomic E-state index is 0.0253. The number of fused-ring (bicyclic) bond motifs is 1. The van der Waals surface area contributed by atoms with E-state index in [9.17, 15) is 18.0 Å². The van der Waals surface area contributed by atoms with Gasteiger partial charge in [-0.2, -0.15) is 8.42 Å². The Bertz CT molecular complexity index is 631. The highest BCUT2D eigenvalue weighted by Crippen LogP contribution is 2.41. The Hall–Kier alpha value is -1.23. The number of hydrogen-bond donors (Lipinski definition) is 1. The molecule has 1 N–H and O–H groups in total. The maximum atomic E-state index is 12.3. The summed E-state index contributed by atoms with van der Waals surface area (Å²) in [7, 11) is -3.81. The Morgan fingerprint density at radius 1 is 1.24 bits per heavy atom. The topological polar surface area (TPSA) is 117 Å². The summed E-state index contributed by atoms with van der Waals surface area (Å²) in [6.45, 7) is 6.54. The standard InChI is InChI=1S/C15H25NO8S/c1-6-21-14(18)9-7-10(24-25(5,19)20)11(16-8(2)17)13-12(9)22-15(3,4)23-13/h9-13H,6-7H2,1-5H3,(H,16,17)/t9?,10-,11-,12-,13+/m1/s1. The summed E-state index contributed by atoms with van der Waals surface area (Å²) in [5.74, 6) is -2.63. The van der Waals surface area contributed by atoms with Crippen LogP contribution in [0.1, 0.15) is 34.1 Å². The molecule has 1 aliphatic heterocycles. The summed E-state index contributed by atoms with van der Waals surface area (Å²) in [6, 6.07) is -0.773. The van der Waals surface area contributed by atoms with Crippen molar-refractivity contribution in [1.29, 1.82) is 0 Å². The molecule has 1 amide bonds. The largest absolute Gasteiger partial charge is 0.466 e. The molecule has 0 radical (unpaired) electrons. The molecule has 1 aliphatic carbocycles. The molecule has 2 aliphatic rings. The van der Waals surface area contributed by atoms with Gasteiger partial charge >= 0.3 is 5.97 Å². The molecule has 5 atom stereocenters. The van der Waals surface area contributed by atoms with Gasteiger partial charge in [0, 0.05) is 6.92 Å². The van der Waals surface area contributed by atoms with Gasteiger partial charge in [0.15, 0.2) is 5.79 Å². The fourth-order valence-corrected chi connectivity index (χ4v) is 4.01. The number of ether oxygens (including phenoxy) is 3. The molecule has 9 nitrogen and oxygen atoms in total. The van der Waals surface area contributed by atoms with Gasteiger partial charge in [0.25, 0.3) is 10.1 Å². The number of nitrogens with one attached hydrogen (secondary N) is 1. The third kappa shape index (κ3) is 4.90. The van der Waals surface area contributed by atoms with Crippen molar-refractivity contribution >= 4 is 22.0 Å². The van der Waals surface area contributed by atoms with E-state index in [-0.39, 0.29) is 18.9 Å². The smallest absolute Gasteiger partial charge is 0.311 e. The molecule has 1 unspecified atom stereocenters. The monoisotopic (exact) mass is 379 g/mol. The molecule has 0 aromatic carbocycles. The van der Waals surface area contributed by atoms with Gasteiger partial charge in [-0.3, -0.25) is 13.8 Å². The van der Waals surface area contributed by atoms with E-state index in [0.29, 0.717) is 0 Å². The maximum Gasteiger partial charge on any atom is 0.311 e. The Kier molecular flexibility index (Phi) is 5.77. The minimum Gasteiger partial charge on any atom is -0.466 e. The predicted molar refractivity (Wildman–Crippen MR) is 85.9 cm³/mol. The normalized spacial score (nSPS) is 34.2. The number of carbonyl (C=O) groups is 2. The molecule has 0 spiro atoms. The highest BCUT2D eigenvalue weighted by atomic mass is 32.2. The lowest BCUT2D eigenvalue weighted by molar-refractivity contribution is -0.164. The first kappa shape index (κ1) is 20.1. The molecule has 1 heterocycles. The van der Waals surface area contributed by atoms with Gasteiger partial charge in [0.2, 0.25) is 5.91 Å². The van der Waals surface area contributed by atoms with Crippen LogP contribution in [0.2, 0.25) is 0 Å². The number of rotatable bonds is 5. The van der Waals surface area contributed by atoms with Gasteiger partial charge in [0.05, 0.1) is 24.8 Å². The van der Waals surface area contributed by atoms with E-state index in [1.54, 1.807) is 20.8 Å². The number of carbonyl (C=O) groups excluding carboxylic acids is 2. The van der Waals surface area contributed by atoms with Crippen LogP contribution in [0, 0.1) is 5.92 Å². The van der Waals surface area contributed by atoms with E-state index in [1.165, 1.54) is 6.92 Å². The average molecular weight is 379 g/mol. The summed E-state index contributed by atoms with van der Waals surface area (Å²) in [6.07, 6.45) is -1.44. The predicted octanol–water partition coefficient (Wildman–Crippen LogP) is -0.0610. The lowest BCUT2D eigenvalue weighted by atomic mass is 9.79. The summed E-state index contributed by atoms with van der Waals surface area (Å²) >= 11 is 0. The van der Waals surface area contributed by atoms with Gasteiger partial charge in [-0.25, -0.2) is 0 Å². The third-order valence-corrected chi connectivity index (χ3v) is 4.66. The molecule has 144 valence electrons. The van der Waals surface area contributed by atoms with Crippen LogP contribution in [-0.2, 0) is 38.1 Å². The van der Waals surface area contributed by atoms with Crippen LogP contribution in [0.25, 0.3) is 0 Å². The molecule has 25 heavy (non-hydrogen) atoms. The van der Waals surface area contributed by atoms with Gasteiger partial charge in [-0.15, -0.1) is 0 Å². The van der Waals surface area contributed by atoms with E-state index < -0.39 is 52.1 Å². The average Bonchev–Trinajstić information content (AvgIpc) is 2.75. The SMILES string of the molecule is CCOC(=O)C1C[C@@H](OS(C)(=O)=O)[C@@H](NC(C)=O)[C@@H]2OC(C)(C)O[C@H]12. The lowest BCUT2D eigenvalue weighted by Crippen LogP contribution is -2.61. The Morgan fingerprint density at radius 3 is 2.36 bits per heavy atom. The Balaban J connectivity index is 2.38. The zero-order valence-electron chi connectivity index (χ0n) is 15.0. The fourth-order valence-electron chi connectivity index (χ4n) is 3.36. The van der Waals surface area contributed by atoms with Crippen LogP contribution >= 0.6 is 0 Å². The van der Waals surface area contributed by atoms with E-state index in [1.807, 2.05) is 0 Å². The van der Waals surface area contributed by atoms with Gasteiger partial charge in [-0.05, 0) is 27.2 Å². The molecule has 0 bridgehead atoms. The van der Waals surface area contributed by atoms with Crippen LogP contribution in [0.4, 0.5) is 0 Å². The van der Waals surface area contributed by atoms with Crippen molar-refractivity contribution in [3.63, 3.8) is 0 Å². The summed E-state index contributed by atoms with van der Waals surface area (Å²) in [5.41, 5.74) is 0. The second kappa shape index (κ2) is 7.18. The highest BCUT2D eigenvalue weighted by Gasteiger charge is 2.57. The second-order valence-corrected chi connectivity index (χ2v) is 8.32. The van der Waals surface area contributed by atoms with Gasteiger partial charge in [0.1, 0.15) is 18.3 Å². The van der Waals surface area contributed by atoms with Crippen molar-refractivity contribution in [2.75, 3.05) is 12.9 Å². The second-order valence-electron chi connectivity index (χ2n) is 6.72. The highest BCUT2D eigenvalue weighted by molar-refractivity contribution is 7.86. The van der Waals surface area contributed by atoms with Crippen molar-refractivity contribution in [2.45, 2.75) is 64.3 Å². The first-order valence-corrected chi connectivity index (χ1v) is 9.93. The molecule has 1 saturated heterocycles. The van der Waals surface area contributed by atoms with Crippen LogP contribution in [0.5, 0.6) is 0 Å². The van der Waals surface area contributed by atoms with E-state index >= 15 is 0 Å². The van der Waals surface area contributed by atoms with Crippen LogP contribution in [-0.4, -0.2) is 63.3 Å². The molecular weight excluding hydrogens is 354 g/mol. The van der Waals surface area contributed by atoms with Crippen molar-refractivity contribution in [1.82, 2.24) is 5.32 Å². The molecule has 2 fully saturated rings. The van der Waals surface area contributed by atoms with E-state index in [0.717, 1.165) is 6.26 Å². The van der Waals surface area contributed by atoms with Gasteiger partial charge in [-0.1, -0.05) is 0 Å². The minimum atomic E-state index is -3.81. The Morgan fingerprint density at radius 2 is 1.84 bits per heavy atom. The first-order chi connectivity index (χ1) is 11.4. The van der Waals surface area contributed by atoms with E-state index in [4.69, 9.17) is 18.4 Å². The maximum absolute atomic E-state index is 12.3. The first-order valence-electron chi connectivity index (χ1n) is 8.11. The third-order valence-electron chi connectivity index (χ3n) is 4.06. The summed E-state index contributed by atoms with van der Waals surface area (Å²) in [4.78, 5) is 23.9. The summed E-state index contributed by atoms with van der Waals surface area (Å²) < 4.78 is 45.2. The number of hydrogen-bond acceptors (Lipinski definition) is 8. The van der Waals surface area contributed by atoms with Crippen LogP contribution < -0.4 is 5.32 Å². The molecular formula is C15H25NO8S. The number of esters is 1. The van der Waals surface area contributed by atoms with Crippen molar-refractivity contribution in [3.8, 4) is 0 Å². The quantitative estimate of drug-likeness (QED) is 0.521. The molecule has 2 rings (SSSR count). The van der Waals surface area contributed by atoms with Gasteiger partial charge < -0.3 is 19.5 Å². The lowest BCUT2D eigenvalue weighted by Gasteiger charge is -2.40. The molecule has 0 aromatic rings. The van der Waals surface area contributed by atoms with Crippen molar-refractivity contribution < 1.29 is 36.4 Å². The van der Waals surface area contributed by atoms with Crippen molar-refractivity contribution in [2.24, 2.45) is 5.92 Å². The van der Waals surface area contributed by atoms with Crippen LogP contribution in [0.3, 0.4) is 0 Å². The Labute approximate surface area is 147 Å². The van der Waals surface area contributed by atoms with Crippen molar-refractivity contribution in [3.05, 3.63) is 0 Å². The zero-order valence-corrected chi connectivity index (χ0v) is 15.8.